The Bertz CT molecular complexity index is 427. The molecule has 1 N–H and O–H groups in total. The molecule has 0 saturated heterocycles. The van der Waals surface area contributed by atoms with Gasteiger partial charge in [0.2, 0.25) is 0 Å². The number of benzene rings is 1. The van der Waals surface area contributed by atoms with Crippen LogP contribution in [-0.4, -0.2) is 32.1 Å². The van der Waals surface area contributed by atoms with Crippen LogP contribution >= 0.6 is 11.6 Å². The lowest BCUT2D eigenvalue weighted by atomic mass is 9.85. The molecule has 1 aliphatic carbocycles. The quantitative estimate of drug-likeness (QED) is 0.849. The van der Waals surface area contributed by atoms with Crippen molar-refractivity contribution in [3.8, 4) is 0 Å². The van der Waals surface area contributed by atoms with Gasteiger partial charge in [0.1, 0.15) is 0 Å². The molecule has 0 aliphatic heterocycles. The van der Waals surface area contributed by atoms with Gasteiger partial charge < -0.3 is 5.32 Å². The highest BCUT2D eigenvalue weighted by atomic mass is 35.5. The first-order valence-electron chi connectivity index (χ1n) is 7.67. The summed E-state index contributed by atoms with van der Waals surface area (Å²) in [6, 6.07) is 8.56. The van der Waals surface area contributed by atoms with Gasteiger partial charge in [-0.15, -0.1) is 0 Å². The van der Waals surface area contributed by atoms with E-state index in [1.54, 1.807) is 0 Å². The van der Waals surface area contributed by atoms with Crippen LogP contribution in [0.1, 0.15) is 44.2 Å². The van der Waals surface area contributed by atoms with Crippen molar-refractivity contribution in [1.29, 1.82) is 0 Å². The van der Waals surface area contributed by atoms with Gasteiger partial charge in [-0.1, -0.05) is 42.6 Å². The summed E-state index contributed by atoms with van der Waals surface area (Å²) in [6.07, 6.45) is 5.42. The van der Waals surface area contributed by atoms with Crippen LogP contribution in [-0.2, 0) is 0 Å². The molecule has 0 bridgehead atoms. The third-order valence-electron chi connectivity index (χ3n) is 4.82. The molecule has 0 aromatic heterocycles. The molecule has 1 aromatic carbocycles. The first-order chi connectivity index (χ1) is 9.58. The summed E-state index contributed by atoms with van der Waals surface area (Å²) >= 11 is 6.34. The Morgan fingerprint density at radius 3 is 2.55 bits per heavy atom. The maximum absolute atomic E-state index is 6.34. The number of hydrogen-bond donors (Lipinski definition) is 1. The number of rotatable bonds is 6. The molecule has 0 heterocycles. The van der Waals surface area contributed by atoms with E-state index in [9.17, 15) is 0 Å². The van der Waals surface area contributed by atoms with Gasteiger partial charge in [0.25, 0.3) is 0 Å². The van der Waals surface area contributed by atoms with Crippen molar-refractivity contribution >= 4 is 11.6 Å². The summed E-state index contributed by atoms with van der Waals surface area (Å²) in [5.74, 6) is 0. The van der Waals surface area contributed by atoms with Gasteiger partial charge in [-0.05, 0) is 50.9 Å². The Balaban J connectivity index is 2.07. The average molecular weight is 295 g/mol. The summed E-state index contributed by atoms with van der Waals surface area (Å²) in [7, 11) is 4.29. The Morgan fingerprint density at radius 2 is 1.95 bits per heavy atom. The summed E-state index contributed by atoms with van der Waals surface area (Å²) in [5.41, 5.74) is 1.67. The molecule has 0 spiro atoms. The van der Waals surface area contributed by atoms with Crippen molar-refractivity contribution in [3.63, 3.8) is 0 Å². The highest BCUT2D eigenvalue weighted by Crippen LogP contribution is 2.39. The molecule has 2 nitrogen and oxygen atoms in total. The number of halogens is 1. The lowest BCUT2D eigenvalue weighted by Gasteiger charge is -2.36. The van der Waals surface area contributed by atoms with Crippen LogP contribution in [0.4, 0.5) is 0 Å². The molecule has 0 amide bonds. The van der Waals surface area contributed by atoms with Crippen LogP contribution in [0.25, 0.3) is 0 Å². The zero-order valence-corrected chi connectivity index (χ0v) is 13.7. The van der Waals surface area contributed by atoms with Gasteiger partial charge in [0.15, 0.2) is 0 Å². The maximum atomic E-state index is 6.34. The van der Waals surface area contributed by atoms with Gasteiger partial charge in [0.05, 0.1) is 0 Å². The van der Waals surface area contributed by atoms with E-state index >= 15 is 0 Å². The molecule has 1 unspecified atom stereocenters. The first kappa shape index (κ1) is 15.8. The van der Waals surface area contributed by atoms with Crippen molar-refractivity contribution in [2.75, 3.05) is 27.2 Å². The molecule has 20 heavy (non-hydrogen) atoms. The third-order valence-corrected chi connectivity index (χ3v) is 5.16. The van der Waals surface area contributed by atoms with Gasteiger partial charge >= 0.3 is 0 Å². The minimum absolute atomic E-state index is 0.359. The lowest BCUT2D eigenvalue weighted by Crippen LogP contribution is -2.41. The summed E-state index contributed by atoms with van der Waals surface area (Å²) < 4.78 is 0. The Kier molecular flexibility index (Phi) is 5.48. The Labute approximate surface area is 128 Å². The molecule has 1 fully saturated rings. The molecular weight excluding hydrogens is 268 g/mol. The SMILES string of the molecule is CNCC1(CN(C)C(C)c2ccccc2Cl)CCCC1. The molecule has 0 radical (unpaired) electrons. The topological polar surface area (TPSA) is 15.3 Å². The van der Waals surface area contributed by atoms with Crippen molar-refractivity contribution in [2.24, 2.45) is 5.41 Å². The van der Waals surface area contributed by atoms with Gasteiger partial charge in [-0.3, -0.25) is 4.90 Å². The summed E-state index contributed by atoms with van der Waals surface area (Å²) in [5, 5.41) is 4.27. The smallest absolute Gasteiger partial charge is 0.0453 e. The Morgan fingerprint density at radius 1 is 1.30 bits per heavy atom. The molecule has 1 saturated carbocycles. The summed E-state index contributed by atoms with van der Waals surface area (Å²) in [6.45, 7) is 4.51. The molecule has 1 atom stereocenters. The molecule has 1 aromatic rings. The van der Waals surface area contributed by atoms with Crippen molar-refractivity contribution in [1.82, 2.24) is 10.2 Å². The minimum atomic E-state index is 0.359. The second kappa shape index (κ2) is 6.93. The monoisotopic (exact) mass is 294 g/mol. The minimum Gasteiger partial charge on any atom is -0.319 e. The van der Waals surface area contributed by atoms with Crippen LogP contribution in [0.15, 0.2) is 24.3 Å². The molecule has 3 heteroatoms. The predicted molar refractivity (Wildman–Crippen MR) is 87.3 cm³/mol. The van der Waals surface area contributed by atoms with E-state index in [-0.39, 0.29) is 0 Å². The molecule has 2 rings (SSSR count). The normalized spacial score (nSPS) is 19.4. The van der Waals surface area contributed by atoms with E-state index in [4.69, 9.17) is 11.6 Å². The predicted octanol–water partition coefficient (Wildman–Crippen LogP) is 4.11. The van der Waals surface area contributed by atoms with Gasteiger partial charge in [-0.25, -0.2) is 0 Å². The van der Waals surface area contributed by atoms with Crippen LogP contribution in [0, 0.1) is 5.41 Å². The summed E-state index contributed by atoms with van der Waals surface area (Å²) in [4.78, 5) is 2.46. The third kappa shape index (κ3) is 3.55. The highest BCUT2D eigenvalue weighted by molar-refractivity contribution is 6.31. The van der Waals surface area contributed by atoms with E-state index < -0.39 is 0 Å². The lowest BCUT2D eigenvalue weighted by molar-refractivity contribution is 0.143. The second-order valence-electron chi connectivity index (χ2n) is 6.35. The van der Waals surface area contributed by atoms with Crippen molar-refractivity contribution < 1.29 is 0 Å². The average Bonchev–Trinajstić information content (AvgIpc) is 2.87. The maximum Gasteiger partial charge on any atom is 0.0453 e. The largest absolute Gasteiger partial charge is 0.319 e. The van der Waals surface area contributed by atoms with E-state index in [2.05, 4.69) is 43.4 Å². The van der Waals surface area contributed by atoms with Crippen molar-refractivity contribution in [2.45, 2.75) is 38.6 Å². The fourth-order valence-electron chi connectivity index (χ4n) is 3.61. The number of nitrogens with one attached hydrogen (secondary N) is 1. The first-order valence-corrected chi connectivity index (χ1v) is 8.05. The van der Waals surface area contributed by atoms with E-state index in [0.717, 1.165) is 18.1 Å². The van der Waals surface area contributed by atoms with Crippen LogP contribution < -0.4 is 5.32 Å². The van der Waals surface area contributed by atoms with Crippen LogP contribution in [0.2, 0.25) is 5.02 Å². The van der Waals surface area contributed by atoms with Crippen LogP contribution in [0.3, 0.4) is 0 Å². The number of hydrogen-bond acceptors (Lipinski definition) is 2. The van der Waals surface area contributed by atoms with Gasteiger partial charge in [0, 0.05) is 24.2 Å². The zero-order valence-electron chi connectivity index (χ0n) is 13.0. The van der Waals surface area contributed by atoms with Crippen molar-refractivity contribution in [3.05, 3.63) is 34.9 Å². The molecule has 112 valence electrons. The van der Waals surface area contributed by atoms with E-state index in [1.807, 2.05) is 12.1 Å². The van der Waals surface area contributed by atoms with E-state index in [1.165, 1.54) is 31.2 Å². The fourth-order valence-corrected chi connectivity index (χ4v) is 3.90. The zero-order chi connectivity index (χ0) is 14.6. The molecular formula is C17H27ClN2. The number of nitrogens with zero attached hydrogens (tertiary/aromatic N) is 1. The van der Waals surface area contributed by atoms with Crippen LogP contribution in [0.5, 0.6) is 0 Å². The molecule has 1 aliphatic rings. The van der Waals surface area contributed by atoms with E-state index in [0.29, 0.717) is 11.5 Å². The standard InChI is InChI=1S/C17H27ClN2/c1-14(15-8-4-5-9-16(15)18)20(3)13-17(12-19-2)10-6-7-11-17/h4-5,8-9,14,19H,6-7,10-13H2,1-3H3. The Hall–Kier alpha value is -0.570. The second-order valence-corrected chi connectivity index (χ2v) is 6.76. The van der Waals surface area contributed by atoms with Gasteiger partial charge in [-0.2, -0.15) is 0 Å². The highest BCUT2D eigenvalue weighted by Gasteiger charge is 2.35. The fraction of sp³-hybridized carbons (Fsp3) is 0.647.